The largest absolute Gasteiger partial charge is 0.493 e. The van der Waals surface area contributed by atoms with Crippen molar-refractivity contribution >= 4 is 17.7 Å². The summed E-state index contributed by atoms with van der Waals surface area (Å²) >= 11 is 0. The number of hydrogen-bond donors (Lipinski definition) is 1. The molecule has 0 saturated carbocycles. The molecule has 0 radical (unpaired) electrons. The molecule has 2 aliphatic rings. The fraction of sp³-hybridized carbons (Fsp3) is 0.400. The lowest BCUT2D eigenvalue weighted by Gasteiger charge is -2.40. The molecule has 2 aliphatic heterocycles. The molecule has 0 aromatic heterocycles. The lowest BCUT2D eigenvalue weighted by atomic mass is 9.91. The van der Waals surface area contributed by atoms with Gasteiger partial charge in [0.05, 0.1) is 14.2 Å². The van der Waals surface area contributed by atoms with Gasteiger partial charge in [-0.15, -0.1) is 0 Å². The Balaban J connectivity index is 1.69. The van der Waals surface area contributed by atoms with E-state index in [0.29, 0.717) is 23.6 Å². The Labute approximate surface area is 193 Å². The molecule has 0 bridgehead atoms. The molecule has 174 valence electrons. The van der Waals surface area contributed by atoms with E-state index in [1.165, 1.54) is 4.90 Å². The van der Waals surface area contributed by atoms with Crippen LogP contribution in [0.1, 0.15) is 40.9 Å². The maximum absolute atomic E-state index is 13.9. The van der Waals surface area contributed by atoms with Crippen LogP contribution < -0.4 is 15.2 Å². The number of carbonyl (C=O) groups excluding carboxylic acids is 3. The quantitative estimate of drug-likeness (QED) is 0.725. The first-order chi connectivity index (χ1) is 15.8. The van der Waals surface area contributed by atoms with Crippen LogP contribution in [0, 0.1) is 5.92 Å². The molecule has 3 amide bonds. The van der Waals surface area contributed by atoms with Crippen LogP contribution in [0.15, 0.2) is 36.4 Å². The van der Waals surface area contributed by atoms with E-state index in [1.54, 1.807) is 25.2 Å². The van der Waals surface area contributed by atoms with E-state index in [0.717, 1.165) is 16.7 Å². The third-order valence-corrected chi connectivity index (χ3v) is 6.52. The zero-order valence-electron chi connectivity index (χ0n) is 19.3. The molecule has 33 heavy (non-hydrogen) atoms. The number of hydrogen-bond acceptors (Lipinski definition) is 5. The van der Waals surface area contributed by atoms with E-state index in [2.05, 4.69) is 0 Å². The third kappa shape index (κ3) is 3.90. The summed E-state index contributed by atoms with van der Waals surface area (Å²) in [6.07, 6.45) is 0.274. The summed E-state index contributed by atoms with van der Waals surface area (Å²) in [5.74, 6) is -0.0858. The standard InChI is InChI=1S/C25H29N3O5/c1-14(2)22(28-12-15-7-5-6-8-18(15)24(28)30)25(31)27-13-17-11-21(33-4)20(32-3)10-16(17)9-19(27)23(26)29/h5-8,10-11,14,19,22H,9,12-13H2,1-4H3,(H2,26,29)/t19-,22-/m0/s1. The first kappa shape index (κ1) is 22.6. The third-order valence-electron chi connectivity index (χ3n) is 6.52. The molecular formula is C25H29N3O5. The van der Waals surface area contributed by atoms with E-state index in [4.69, 9.17) is 15.2 Å². The second-order valence-electron chi connectivity index (χ2n) is 8.84. The maximum Gasteiger partial charge on any atom is 0.255 e. The molecule has 2 aromatic rings. The monoisotopic (exact) mass is 451 g/mol. The van der Waals surface area contributed by atoms with Crippen LogP contribution in [0.5, 0.6) is 11.5 Å². The van der Waals surface area contributed by atoms with Crippen molar-refractivity contribution in [1.82, 2.24) is 9.80 Å². The molecule has 2 atom stereocenters. The van der Waals surface area contributed by atoms with Gasteiger partial charge < -0.3 is 25.0 Å². The first-order valence-corrected chi connectivity index (χ1v) is 11.0. The number of amides is 3. The maximum atomic E-state index is 13.9. The minimum Gasteiger partial charge on any atom is -0.493 e. The number of benzene rings is 2. The van der Waals surface area contributed by atoms with Gasteiger partial charge in [0.25, 0.3) is 5.91 Å². The first-order valence-electron chi connectivity index (χ1n) is 11.0. The van der Waals surface area contributed by atoms with Gasteiger partial charge in [-0.2, -0.15) is 0 Å². The molecule has 0 saturated heterocycles. The van der Waals surface area contributed by atoms with Crippen LogP contribution in [-0.4, -0.2) is 53.8 Å². The normalized spacial score (nSPS) is 18.1. The van der Waals surface area contributed by atoms with Crippen LogP contribution >= 0.6 is 0 Å². The molecule has 8 heteroatoms. The van der Waals surface area contributed by atoms with Crippen molar-refractivity contribution in [2.45, 2.75) is 45.4 Å². The van der Waals surface area contributed by atoms with Crippen molar-refractivity contribution in [2.24, 2.45) is 11.7 Å². The number of rotatable bonds is 6. The van der Waals surface area contributed by atoms with Crippen molar-refractivity contribution in [2.75, 3.05) is 14.2 Å². The van der Waals surface area contributed by atoms with Crippen LogP contribution in [0.3, 0.4) is 0 Å². The highest BCUT2D eigenvalue weighted by molar-refractivity contribution is 6.01. The number of nitrogens with zero attached hydrogens (tertiary/aromatic N) is 2. The topological polar surface area (TPSA) is 102 Å². The highest BCUT2D eigenvalue weighted by Crippen LogP contribution is 2.36. The predicted octanol–water partition coefficient (Wildman–Crippen LogP) is 2.12. The Morgan fingerprint density at radius 1 is 1.00 bits per heavy atom. The molecule has 8 nitrogen and oxygen atoms in total. The molecule has 0 fully saturated rings. The van der Waals surface area contributed by atoms with Gasteiger partial charge >= 0.3 is 0 Å². The fourth-order valence-corrected chi connectivity index (χ4v) is 4.85. The zero-order valence-corrected chi connectivity index (χ0v) is 19.3. The average molecular weight is 452 g/mol. The zero-order chi connectivity index (χ0) is 23.9. The second-order valence-corrected chi connectivity index (χ2v) is 8.84. The Morgan fingerprint density at radius 2 is 1.64 bits per heavy atom. The molecule has 2 aromatic carbocycles. The van der Waals surface area contributed by atoms with E-state index in [-0.39, 0.29) is 30.7 Å². The summed E-state index contributed by atoms with van der Waals surface area (Å²) in [6, 6.07) is 9.50. The lowest BCUT2D eigenvalue weighted by Crippen LogP contribution is -2.58. The minimum atomic E-state index is -0.815. The molecule has 0 aliphatic carbocycles. The summed E-state index contributed by atoms with van der Waals surface area (Å²) in [5, 5.41) is 0. The minimum absolute atomic E-state index is 0.156. The number of methoxy groups -OCH3 is 2. The van der Waals surface area contributed by atoms with Gasteiger partial charge in [0, 0.05) is 25.1 Å². The summed E-state index contributed by atoms with van der Waals surface area (Å²) < 4.78 is 10.8. The molecule has 2 heterocycles. The van der Waals surface area contributed by atoms with Crippen molar-refractivity contribution in [3.63, 3.8) is 0 Å². The summed E-state index contributed by atoms with van der Waals surface area (Å²) in [5.41, 5.74) is 8.99. The van der Waals surface area contributed by atoms with Crippen molar-refractivity contribution in [1.29, 1.82) is 0 Å². The molecule has 2 N–H and O–H groups in total. The van der Waals surface area contributed by atoms with Crippen LogP contribution in [0.2, 0.25) is 0 Å². The van der Waals surface area contributed by atoms with Gasteiger partial charge in [0.15, 0.2) is 11.5 Å². The van der Waals surface area contributed by atoms with Gasteiger partial charge in [-0.05, 0) is 40.8 Å². The molecular weight excluding hydrogens is 422 g/mol. The summed E-state index contributed by atoms with van der Waals surface area (Å²) in [7, 11) is 3.10. The van der Waals surface area contributed by atoms with E-state index in [1.807, 2.05) is 44.2 Å². The van der Waals surface area contributed by atoms with Crippen molar-refractivity contribution in [3.05, 3.63) is 58.7 Å². The molecule has 4 rings (SSSR count). The van der Waals surface area contributed by atoms with Crippen molar-refractivity contribution in [3.8, 4) is 11.5 Å². The van der Waals surface area contributed by atoms with Crippen molar-refractivity contribution < 1.29 is 23.9 Å². The van der Waals surface area contributed by atoms with Gasteiger partial charge in [-0.3, -0.25) is 14.4 Å². The number of ether oxygens (including phenoxy) is 2. The summed E-state index contributed by atoms with van der Waals surface area (Å²) in [6.45, 7) is 4.37. The van der Waals surface area contributed by atoms with E-state index < -0.39 is 18.0 Å². The lowest BCUT2D eigenvalue weighted by molar-refractivity contribution is -0.145. The predicted molar refractivity (Wildman–Crippen MR) is 122 cm³/mol. The Morgan fingerprint density at radius 3 is 2.21 bits per heavy atom. The highest BCUT2D eigenvalue weighted by Gasteiger charge is 2.43. The number of primary amides is 1. The average Bonchev–Trinajstić information content (AvgIpc) is 3.13. The van der Waals surface area contributed by atoms with Gasteiger partial charge in [0.1, 0.15) is 12.1 Å². The number of fused-ring (bicyclic) bond motifs is 2. The van der Waals surface area contributed by atoms with Gasteiger partial charge in [-0.1, -0.05) is 32.0 Å². The Bertz CT molecular complexity index is 1110. The number of nitrogens with two attached hydrogens (primary N) is 1. The number of carbonyl (C=O) groups is 3. The SMILES string of the molecule is COc1cc2c(cc1OC)CN(C(=O)[C@H](C(C)C)N1Cc3ccccc3C1=O)[C@H](C(N)=O)C2. The van der Waals surface area contributed by atoms with Crippen LogP contribution in [0.25, 0.3) is 0 Å². The Hall–Kier alpha value is -3.55. The van der Waals surface area contributed by atoms with Gasteiger partial charge in [-0.25, -0.2) is 0 Å². The van der Waals surface area contributed by atoms with E-state index in [9.17, 15) is 14.4 Å². The highest BCUT2D eigenvalue weighted by atomic mass is 16.5. The molecule has 0 spiro atoms. The fourth-order valence-electron chi connectivity index (χ4n) is 4.85. The smallest absolute Gasteiger partial charge is 0.255 e. The summed E-state index contributed by atoms with van der Waals surface area (Å²) in [4.78, 5) is 42.6. The Kier molecular flexibility index (Phi) is 6.01. The van der Waals surface area contributed by atoms with Gasteiger partial charge in [0.2, 0.25) is 11.8 Å². The van der Waals surface area contributed by atoms with Crippen LogP contribution in [0.4, 0.5) is 0 Å². The van der Waals surface area contributed by atoms with E-state index >= 15 is 0 Å². The molecule has 0 unspecified atom stereocenters. The second kappa shape index (κ2) is 8.77. The van der Waals surface area contributed by atoms with Crippen LogP contribution in [-0.2, 0) is 29.1 Å².